The molecule has 1 fully saturated rings. The zero-order valence-electron chi connectivity index (χ0n) is 19.8. The van der Waals surface area contributed by atoms with Crippen LogP contribution in [-0.4, -0.2) is 53.3 Å². The monoisotopic (exact) mass is 451 g/mol. The molecule has 0 spiro atoms. The van der Waals surface area contributed by atoms with E-state index in [4.69, 9.17) is 9.72 Å². The van der Waals surface area contributed by atoms with Crippen LogP contribution in [0.4, 0.5) is 5.82 Å². The molecule has 2 aliphatic heterocycles. The van der Waals surface area contributed by atoms with E-state index in [2.05, 4.69) is 29.3 Å². The average Bonchev–Trinajstić information content (AvgIpc) is 3.29. The predicted molar refractivity (Wildman–Crippen MR) is 131 cm³/mol. The van der Waals surface area contributed by atoms with E-state index in [1.807, 2.05) is 24.3 Å². The molecule has 0 saturated carbocycles. The summed E-state index contributed by atoms with van der Waals surface area (Å²) in [5, 5.41) is 13.3. The number of pyridine rings is 1. The van der Waals surface area contributed by atoms with Crippen LogP contribution in [0.25, 0.3) is 0 Å². The van der Waals surface area contributed by atoms with E-state index >= 15 is 0 Å². The van der Waals surface area contributed by atoms with Crippen LogP contribution in [0.15, 0.2) is 36.4 Å². The summed E-state index contributed by atoms with van der Waals surface area (Å²) < 4.78 is 6.12. The number of ether oxygens (including phenoxy) is 1. The van der Waals surface area contributed by atoms with E-state index in [-0.39, 0.29) is 6.10 Å². The lowest BCUT2D eigenvalue weighted by molar-refractivity contribution is -0.143. The SMILES string of the molecule is CCc1ccccc1[C@@H](C(=O)O)N1CC[C@@H](OCCCCCc2ccc3c(n2)NCCC3)C1. The van der Waals surface area contributed by atoms with Crippen molar-refractivity contribution in [2.75, 3.05) is 31.6 Å². The van der Waals surface area contributed by atoms with Gasteiger partial charge in [-0.05, 0) is 67.7 Å². The summed E-state index contributed by atoms with van der Waals surface area (Å²) in [6, 6.07) is 11.7. The van der Waals surface area contributed by atoms with Gasteiger partial charge in [-0.1, -0.05) is 43.7 Å². The number of fused-ring (bicyclic) bond motifs is 1. The quantitative estimate of drug-likeness (QED) is 0.485. The Morgan fingerprint density at radius 3 is 2.97 bits per heavy atom. The van der Waals surface area contributed by atoms with Gasteiger partial charge >= 0.3 is 5.97 Å². The van der Waals surface area contributed by atoms with Gasteiger partial charge in [0.25, 0.3) is 0 Å². The van der Waals surface area contributed by atoms with Crippen LogP contribution < -0.4 is 5.32 Å². The number of carboxylic acids is 1. The first-order valence-electron chi connectivity index (χ1n) is 12.5. The summed E-state index contributed by atoms with van der Waals surface area (Å²) in [4.78, 5) is 18.9. The van der Waals surface area contributed by atoms with Crippen LogP contribution in [0, 0.1) is 0 Å². The Balaban J connectivity index is 1.18. The fraction of sp³-hybridized carbons (Fsp3) is 0.556. The topological polar surface area (TPSA) is 74.7 Å². The Morgan fingerprint density at radius 1 is 1.24 bits per heavy atom. The van der Waals surface area contributed by atoms with Crippen LogP contribution in [-0.2, 0) is 28.8 Å². The molecule has 0 amide bonds. The summed E-state index contributed by atoms with van der Waals surface area (Å²) in [7, 11) is 0. The highest BCUT2D eigenvalue weighted by atomic mass is 16.5. The number of carbonyl (C=O) groups is 1. The van der Waals surface area contributed by atoms with Crippen molar-refractivity contribution >= 4 is 11.8 Å². The number of carboxylic acid groups (broad SMARTS) is 1. The van der Waals surface area contributed by atoms with Crippen molar-refractivity contribution in [3.05, 3.63) is 58.8 Å². The van der Waals surface area contributed by atoms with Crippen LogP contribution in [0.5, 0.6) is 0 Å². The fourth-order valence-corrected chi connectivity index (χ4v) is 5.08. The van der Waals surface area contributed by atoms with Crippen LogP contribution in [0.2, 0.25) is 0 Å². The number of nitrogens with zero attached hydrogens (tertiary/aromatic N) is 2. The Hall–Kier alpha value is -2.44. The highest BCUT2D eigenvalue weighted by molar-refractivity contribution is 5.76. The third-order valence-corrected chi connectivity index (χ3v) is 6.89. The summed E-state index contributed by atoms with van der Waals surface area (Å²) >= 11 is 0. The Kier molecular flexibility index (Phi) is 8.35. The van der Waals surface area contributed by atoms with E-state index in [9.17, 15) is 9.90 Å². The molecular weight excluding hydrogens is 414 g/mol. The number of aliphatic carboxylic acids is 1. The standard InChI is InChI=1S/C27H37N3O3/c1-2-20-9-5-6-12-24(20)25(27(31)32)30-17-15-23(19-30)33-18-7-3-4-11-22-14-13-21-10-8-16-28-26(21)29-22/h5-6,9,12-14,23,25H,2-4,7-8,10-11,15-19H2,1H3,(H,28,29)(H,31,32)/t23-,25+/m1/s1. The molecule has 0 unspecified atom stereocenters. The summed E-state index contributed by atoms with van der Waals surface area (Å²) in [6.45, 7) is 5.28. The predicted octanol–water partition coefficient (Wildman–Crippen LogP) is 4.63. The number of hydrogen-bond acceptors (Lipinski definition) is 5. The van der Waals surface area contributed by atoms with Crippen molar-refractivity contribution < 1.29 is 14.6 Å². The highest BCUT2D eigenvalue weighted by Crippen LogP contribution is 2.29. The van der Waals surface area contributed by atoms with Crippen molar-refractivity contribution in [1.29, 1.82) is 0 Å². The van der Waals surface area contributed by atoms with Gasteiger partial charge in [-0.15, -0.1) is 0 Å². The molecule has 2 atom stereocenters. The van der Waals surface area contributed by atoms with Crippen LogP contribution in [0.1, 0.15) is 67.5 Å². The summed E-state index contributed by atoms with van der Waals surface area (Å²) in [5.41, 5.74) is 4.53. The summed E-state index contributed by atoms with van der Waals surface area (Å²) in [5.74, 6) is 0.302. The van der Waals surface area contributed by atoms with E-state index in [1.165, 1.54) is 17.7 Å². The number of aromatic nitrogens is 1. The van der Waals surface area contributed by atoms with Crippen molar-refractivity contribution in [1.82, 2.24) is 9.88 Å². The normalized spacial score (nSPS) is 19.1. The first kappa shape index (κ1) is 23.7. The molecule has 2 N–H and O–H groups in total. The molecule has 6 nitrogen and oxygen atoms in total. The molecular formula is C27H37N3O3. The largest absolute Gasteiger partial charge is 0.480 e. The minimum atomic E-state index is -0.775. The van der Waals surface area contributed by atoms with Gasteiger partial charge in [0.1, 0.15) is 11.9 Å². The second-order valence-corrected chi connectivity index (χ2v) is 9.22. The minimum Gasteiger partial charge on any atom is -0.480 e. The minimum absolute atomic E-state index is 0.119. The zero-order valence-corrected chi connectivity index (χ0v) is 19.8. The number of anilines is 1. The second kappa shape index (κ2) is 11.6. The molecule has 3 heterocycles. The van der Waals surface area contributed by atoms with Crippen molar-refractivity contribution in [2.24, 2.45) is 0 Å². The lowest BCUT2D eigenvalue weighted by atomic mass is 9.97. The zero-order chi connectivity index (χ0) is 23.0. The number of nitrogens with one attached hydrogen (secondary N) is 1. The molecule has 2 aromatic rings. The molecule has 0 aliphatic carbocycles. The van der Waals surface area contributed by atoms with Crippen LogP contribution in [0.3, 0.4) is 0 Å². The number of benzene rings is 1. The van der Waals surface area contributed by atoms with Crippen LogP contribution >= 0.6 is 0 Å². The lowest BCUT2D eigenvalue weighted by Gasteiger charge is -2.26. The van der Waals surface area contributed by atoms with Gasteiger partial charge in [0.05, 0.1) is 6.10 Å². The van der Waals surface area contributed by atoms with E-state index in [1.54, 1.807) is 0 Å². The third-order valence-electron chi connectivity index (χ3n) is 6.89. The molecule has 0 radical (unpaired) electrons. The van der Waals surface area contributed by atoms with Gasteiger partial charge in [-0.25, -0.2) is 4.98 Å². The first-order valence-corrected chi connectivity index (χ1v) is 12.5. The van der Waals surface area contributed by atoms with E-state index in [0.717, 1.165) is 81.6 Å². The van der Waals surface area contributed by atoms with Gasteiger partial charge in [0.15, 0.2) is 0 Å². The maximum Gasteiger partial charge on any atom is 0.325 e. The molecule has 33 heavy (non-hydrogen) atoms. The van der Waals surface area contributed by atoms with Crippen molar-refractivity contribution in [2.45, 2.75) is 70.4 Å². The fourth-order valence-electron chi connectivity index (χ4n) is 5.08. The number of unbranched alkanes of at least 4 members (excludes halogenated alkanes) is 2. The summed E-state index contributed by atoms with van der Waals surface area (Å²) in [6.07, 6.45) is 8.43. The maximum absolute atomic E-state index is 12.1. The van der Waals surface area contributed by atoms with Crippen molar-refractivity contribution in [3.63, 3.8) is 0 Å². The first-order chi connectivity index (χ1) is 16.2. The molecule has 2 aliphatic rings. The Labute approximate surface area is 197 Å². The van der Waals surface area contributed by atoms with Gasteiger partial charge in [0, 0.05) is 31.9 Å². The molecule has 1 aromatic heterocycles. The van der Waals surface area contributed by atoms with Gasteiger partial charge in [-0.2, -0.15) is 0 Å². The Morgan fingerprint density at radius 2 is 2.12 bits per heavy atom. The van der Waals surface area contributed by atoms with Gasteiger partial charge < -0.3 is 15.2 Å². The highest BCUT2D eigenvalue weighted by Gasteiger charge is 2.34. The Bertz CT molecular complexity index is 933. The molecule has 0 bridgehead atoms. The molecule has 178 valence electrons. The molecule has 6 heteroatoms. The number of hydrogen-bond donors (Lipinski definition) is 2. The van der Waals surface area contributed by atoms with E-state index in [0.29, 0.717) is 6.54 Å². The third kappa shape index (κ3) is 6.12. The number of likely N-dealkylation sites (tertiary alicyclic amines) is 1. The maximum atomic E-state index is 12.1. The smallest absolute Gasteiger partial charge is 0.325 e. The van der Waals surface area contributed by atoms with Gasteiger partial charge in [0.2, 0.25) is 0 Å². The number of aryl methyl sites for hydroxylation is 3. The van der Waals surface area contributed by atoms with E-state index < -0.39 is 12.0 Å². The van der Waals surface area contributed by atoms with Crippen molar-refractivity contribution in [3.8, 4) is 0 Å². The molecule has 1 saturated heterocycles. The average molecular weight is 452 g/mol. The number of rotatable bonds is 11. The lowest BCUT2D eigenvalue weighted by Crippen LogP contribution is -2.34. The van der Waals surface area contributed by atoms with Gasteiger partial charge in [-0.3, -0.25) is 9.69 Å². The molecule has 4 rings (SSSR count). The molecule has 1 aromatic carbocycles. The second-order valence-electron chi connectivity index (χ2n) is 9.22.